The van der Waals surface area contributed by atoms with Crippen LogP contribution >= 0.6 is 0 Å². The van der Waals surface area contributed by atoms with Gasteiger partial charge in [-0.05, 0) is 35.4 Å². The number of phenolic OH excluding ortho intramolecular Hbond substituents is 1. The molecule has 124 valence electrons. The van der Waals surface area contributed by atoms with E-state index in [0.717, 1.165) is 35.1 Å². The van der Waals surface area contributed by atoms with E-state index >= 15 is 0 Å². The van der Waals surface area contributed by atoms with Crippen LogP contribution in [0, 0.1) is 0 Å². The van der Waals surface area contributed by atoms with Crippen LogP contribution < -0.4 is 4.90 Å². The second-order valence-electron chi connectivity index (χ2n) is 6.12. The fourth-order valence-electron chi connectivity index (χ4n) is 3.26. The molecule has 4 rings (SSSR count). The Labute approximate surface area is 146 Å². The highest BCUT2D eigenvalue weighted by Crippen LogP contribution is 2.32. The summed E-state index contributed by atoms with van der Waals surface area (Å²) in [5.74, 6) is 0.327. The molecule has 3 aromatic rings. The number of amides is 1. The van der Waals surface area contributed by atoms with Gasteiger partial charge < -0.3 is 10.0 Å². The quantitative estimate of drug-likeness (QED) is 0.723. The van der Waals surface area contributed by atoms with Crippen molar-refractivity contribution < 1.29 is 9.90 Å². The number of carbonyl (C=O) groups is 1. The normalized spacial score (nSPS) is 14.7. The van der Waals surface area contributed by atoms with E-state index in [1.807, 2.05) is 54.6 Å². The number of para-hydroxylation sites is 2. The molecule has 1 amide bonds. The van der Waals surface area contributed by atoms with Crippen molar-refractivity contribution in [1.82, 2.24) is 0 Å². The highest BCUT2D eigenvalue weighted by atomic mass is 16.3. The Bertz CT molecular complexity index is 979. The van der Waals surface area contributed by atoms with Crippen molar-refractivity contribution in [3.63, 3.8) is 0 Å². The van der Waals surface area contributed by atoms with Crippen molar-refractivity contribution in [1.29, 1.82) is 0 Å². The van der Waals surface area contributed by atoms with Crippen LogP contribution in [0.15, 0.2) is 65.7 Å². The predicted octanol–water partition coefficient (Wildman–Crippen LogP) is 4.42. The average Bonchev–Trinajstić information content (AvgIpc) is 3.07. The fraction of sp³-hybridized carbons (Fsp3) is 0.143. The molecular formula is C21H18N2O2. The predicted molar refractivity (Wildman–Crippen MR) is 101 cm³/mol. The summed E-state index contributed by atoms with van der Waals surface area (Å²) in [6, 6.07) is 19.1. The largest absolute Gasteiger partial charge is 0.507 e. The van der Waals surface area contributed by atoms with Crippen molar-refractivity contribution >= 4 is 34.3 Å². The molecule has 0 radical (unpaired) electrons. The van der Waals surface area contributed by atoms with Gasteiger partial charge in [0.25, 0.3) is 0 Å². The number of phenols is 1. The van der Waals surface area contributed by atoms with Gasteiger partial charge in [0.1, 0.15) is 5.75 Å². The van der Waals surface area contributed by atoms with E-state index in [2.05, 4.69) is 4.99 Å². The number of carbonyl (C=O) groups excluding carboxylic acids is 1. The fourth-order valence-corrected chi connectivity index (χ4v) is 3.26. The third-order valence-electron chi connectivity index (χ3n) is 4.53. The molecule has 1 fully saturated rings. The smallest absolute Gasteiger partial charge is 0.227 e. The van der Waals surface area contributed by atoms with Gasteiger partial charge in [-0.1, -0.05) is 42.5 Å². The average molecular weight is 330 g/mol. The molecular weight excluding hydrogens is 312 g/mol. The monoisotopic (exact) mass is 330 g/mol. The molecule has 0 unspecified atom stereocenters. The molecule has 25 heavy (non-hydrogen) atoms. The first-order chi connectivity index (χ1) is 12.2. The van der Waals surface area contributed by atoms with Crippen molar-refractivity contribution in [3.8, 4) is 5.75 Å². The number of hydrogen-bond acceptors (Lipinski definition) is 3. The van der Waals surface area contributed by atoms with Crippen molar-refractivity contribution in [2.24, 2.45) is 4.99 Å². The van der Waals surface area contributed by atoms with Gasteiger partial charge in [0.15, 0.2) is 0 Å². The molecule has 0 aliphatic carbocycles. The van der Waals surface area contributed by atoms with Crippen molar-refractivity contribution in [2.75, 3.05) is 11.4 Å². The topological polar surface area (TPSA) is 52.9 Å². The molecule has 4 nitrogen and oxygen atoms in total. The van der Waals surface area contributed by atoms with Crippen LogP contribution in [-0.4, -0.2) is 23.8 Å². The third kappa shape index (κ3) is 2.87. The van der Waals surface area contributed by atoms with Crippen LogP contribution in [0.25, 0.3) is 10.8 Å². The molecule has 4 heteroatoms. The van der Waals surface area contributed by atoms with Crippen LogP contribution in [0.4, 0.5) is 11.4 Å². The Balaban J connectivity index is 1.77. The minimum absolute atomic E-state index is 0.135. The third-order valence-corrected chi connectivity index (χ3v) is 4.53. The lowest BCUT2D eigenvalue weighted by molar-refractivity contribution is -0.117. The lowest BCUT2D eigenvalue weighted by Crippen LogP contribution is -2.23. The molecule has 1 saturated heterocycles. The number of nitrogens with zero attached hydrogens (tertiary/aromatic N) is 2. The lowest BCUT2D eigenvalue weighted by Gasteiger charge is -2.17. The molecule has 0 bridgehead atoms. The molecule has 1 aliphatic heterocycles. The summed E-state index contributed by atoms with van der Waals surface area (Å²) in [5, 5.41) is 12.2. The molecule has 0 aromatic heterocycles. The first-order valence-corrected chi connectivity index (χ1v) is 8.38. The minimum Gasteiger partial charge on any atom is -0.507 e. The summed E-state index contributed by atoms with van der Waals surface area (Å²) < 4.78 is 0. The first kappa shape index (κ1) is 15.4. The zero-order chi connectivity index (χ0) is 17.2. The lowest BCUT2D eigenvalue weighted by atomic mass is 10.0. The molecule has 0 spiro atoms. The molecule has 1 heterocycles. The van der Waals surface area contributed by atoms with Crippen LogP contribution in [0.3, 0.4) is 0 Å². The van der Waals surface area contributed by atoms with E-state index in [1.165, 1.54) is 0 Å². The van der Waals surface area contributed by atoms with E-state index in [0.29, 0.717) is 12.0 Å². The number of anilines is 1. The van der Waals surface area contributed by atoms with Gasteiger partial charge in [-0.15, -0.1) is 0 Å². The second-order valence-corrected chi connectivity index (χ2v) is 6.12. The molecule has 0 saturated carbocycles. The minimum atomic E-state index is 0.135. The van der Waals surface area contributed by atoms with Crippen LogP contribution in [-0.2, 0) is 4.79 Å². The maximum atomic E-state index is 12.1. The van der Waals surface area contributed by atoms with E-state index in [1.54, 1.807) is 17.2 Å². The highest BCUT2D eigenvalue weighted by molar-refractivity contribution is 6.04. The van der Waals surface area contributed by atoms with Crippen molar-refractivity contribution in [2.45, 2.75) is 12.8 Å². The standard InChI is InChI=1S/C21H18N2O2/c24-20-12-11-15-6-1-2-7-16(15)17(20)14-22-18-8-3-4-9-19(18)23-13-5-10-21(23)25/h1-4,6-9,11-12,14,24H,5,10,13H2. The van der Waals surface area contributed by atoms with E-state index in [-0.39, 0.29) is 11.7 Å². The number of aliphatic imine (C=N–C) groups is 1. The SMILES string of the molecule is O=C1CCCN1c1ccccc1N=Cc1c(O)ccc2ccccc12. The first-order valence-electron chi connectivity index (χ1n) is 8.38. The summed E-state index contributed by atoms with van der Waals surface area (Å²) in [4.78, 5) is 18.4. The summed E-state index contributed by atoms with van der Waals surface area (Å²) in [6.45, 7) is 0.727. The zero-order valence-electron chi connectivity index (χ0n) is 13.7. The Morgan fingerprint density at radius 3 is 2.64 bits per heavy atom. The zero-order valence-corrected chi connectivity index (χ0v) is 13.7. The Morgan fingerprint density at radius 1 is 1.00 bits per heavy atom. The second kappa shape index (κ2) is 6.40. The number of aromatic hydroxyl groups is 1. The van der Waals surface area contributed by atoms with Gasteiger partial charge in [-0.2, -0.15) is 0 Å². The van der Waals surface area contributed by atoms with Gasteiger partial charge >= 0.3 is 0 Å². The number of fused-ring (bicyclic) bond motifs is 1. The Kier molecular flexibility index (Phi) is 3.94. The molecule has 0 atom stereocenters. The van der Waals surface area contributed by atoms with E-state index in [4.69, 9.17) is 0 Å². The van der Waals surface area contributed by atoms with Crippen LogP contribution in [0.5, 0.6) is 5.75 Å². The van der Waals surface area contributed by atoms with Gasteiger partial charge in [0.2, 0.25) is 5.91 Å². The van der Waals surface area contributed by atoms with Crippen molar-refractivity contribution in [3.05, 3.63) is 66.2 Å². The van der Waals surface area contributed by atoms with E-state index < -0.39 is 0 Å². The summed E-state index contributed by atoms with van der Waals surface area (Å²) in [5.41, 5.74) is 2.23. The summed E-state index contributed by atoms with van der Waals surface area (Å²) >= 11 is 0. The summed E-state index contributed by atoms with van der Waals surface area (Å²) in [7, 11) is 0. The molecule has 3 aromatic carbocycles. The maximum Gasteiger partial charge on any atom is 0.227 e. The van der Waals surface area contributed by atoms with Gasteiger partial charge in [0, 0.05) is 24.7 Å². The number of benzene rings is 3. The van der Waals surface area contributed by atoms with Gasteiger partial charge in [-0.3, -0.25) is 9.79 Å². The Hall–Kier alpha value is -3.14. The molecule has 1 N–H and O–H groups in total. The number of hydrogen-bond donors (Lipinski definition) is 1. The van der Waals surface area contributed by atoms with E-state index in [9.17, 15) is 9.90 Å². The summed E-state index contributed by atoms with van der Waals surface area (Å²) in [6.07, 6.45) is 3.14. The Morgan fingerprint density at radius 2 is 1.80 bits per heavy atom. The maximum absolute atomic E-state index is 12.1. The van der Waals surface area contributed by atoms with Crippen LogP contribution in [0.1, 0.15) is 18.4 Å². The van der Waals surface area contributed by atoms with Gasteiger partial charge in [-0.25, -0.2) is 0 Å². The van der Waals surface area contributed by atoms with Crippen LogP contribution in [0.2, 0.25) is 0 Å². The molecule has 1 aliphatic rings. The number of rotatable bonds is 3. The highest BCUT2D eigenvalue weighted by Gasteiger charge is 2.23. The van der Waals surface area contributed by atoms with Gasteiger partial charge in [0.05, 0.1) is 11.4 Å².